The standard InChI is InChI=1S/C10H9N3O2/c11-6-7-5-8(12)1-2-9(7)13-3-4-15-10(13)14/h1-2,5H,3-4,12H2. The van der Waals surface area contributed by atoms with Crippen molar-refractivity contribution < 1.29 is 9.53 Å². The summed E-state index contributed by atoms with van der Waals surface area (Å²) in [7, 11) is 0. The second-order valence-electron chi connectivity index (χ2n) is 3.15. The van der Waals surface area contributed by atoms with Crippen molar-refractivity contribution in [2.24, 2.45) is 0 Å². The van der Waals surface area contributed by atoms with Crippen LogP contribution in [-0.4, -0.2) is 19.2 Å². The zero-order valence-corrected chi connectivity index (χ0v) is 7.93. The van der Waals surface area contributed by atoms with E-state index in [2.05, 4.69) is 0 Å². The molecule has 0 atom stereocenters. The molecule has 0 spiro atoms. The first kappa shape index (κ1) is 9.34. The Morgan fingerprint density at radius 2 is 2.33 bits per heavy atom. The molecular formula is C10H9N3O2. The predicted molar refractivity (Wildman–Crippen MR) is 54.3 cm³/mol. The summed E-state index contributed by atoms with van der Waals surface area (Å²) in [4.78, 5) is 12.7. The zero-order valence-electron chi connectivity index (χ0n) is 7.93. The van der Waals surface area contributed by atoms with Crippen molar-refractivity contribution in [3.05, 3.63) is 23.8 Å². The second kappa shape index (κ2) is 3.50. The molecule has 0 radical (unpaired) electrons. The van der Waals surface area contributed by atoms with Crippen LogP contribution in [0.1, 0.15) is 5.56 Å². The molecule has 1 heterocycles. The summed E-state index contributed by atoms with van der Waals surface area (Å²) in [5.74, 6) is 0. The van der Waals surface area contributed by atoms with Crippen LogP contribution < -0.4 is 10.6 Å². The van der Waals surface area contributed by atoms with Crippen molar-refractivity contribution in [3.63, 3.8) is 0 Å². The summed E-state index contributed by atoms with van der Waals surface area (Å²) in [5, 5.41) is 8.91. The predicted octanol–water partition coefficient (Wildman–Crippen LogP) is 1.10. The second-order valence-corrected chi connectivity index (χ2v) is 3.15. The lowest BCUT2D eigenvalue weighted by molar-refractivity contribution is 0.181. The van der Waals surface area contributed by atoms with Gasteiger partial charge in [-0.2, -0.15) is 5.26 Å². The molecule has 76 valence electrons. The molecule has 1 aliphatic rings. The fourth-order valence-corrected chi connectivity index (χ4v) is 1.49. The summed E-state index contributed by atoms with van der Waals surface area (Å²) in [6.45, 7) is 0.825. The van der Waals surface area contributed by atoms with Gasteiger partial charge in [0.2, 0.25) is 0 Å². The molecule has 5 nitrogen and oxygen atoms in total. The molecule has 2 rings (SSSR count). The van der Waals surface area contributed by atoms with E-state index < -0.39 is 6.09 Å². The van der Waals surface area contributed by atoms with Gasteiger partial charge in [0.05, 0.1) is 17.8 Å². The quantitative estimate of drug-likeness (QED) is 0.693. The lowest BCUT2D eigenvalue weighted by atomic mass is 10.1. The molecule has 0 saturated carbocycles. The van der Waals surface area contributed by atoms with Crippen molar-refractivity contribution in [1.82, 2.24) is 0 Å². The molecule has 1 aromatic carbocycles. The smallest absolute Gasteiger partial charge is 0.414 e. The number of nitriles is 1. The number of nitrogen functional groups attached to an aromatic ring is 1. The molecule has 2 N–H and O–H groups in total. The number of amides is 1. The van der Waals surface area contributed by atoms with Gasteiger partial charge in [0.15, 0.2) is 0 Å². The van der Waals surface area contributed by atoms with E-state index in [-0.39, 0.29) is 0 Å². The molecule has 0 aliphatic carbocycles. The summed E-state index contributed by atoms with van der Waals surface area (Å²) in [6.07, 6.45) is -0.420. The van der Waals surface area contributed by atoms with Crippen LogP contribution in [0.4, 0.5) is 16.2 Å². The number of nitrogens with zero attached hydrogens (tertiary/aromatic N) is 2. The number of carbonyl (C=O) groups is 1. The molecule has 0 bridgehead atoms. The Balaban J connectivity index is 2.44. The average molecular weight is 203 g/mol. The highest BCUT2D eigenvalue weighted by Gasteiger charge is 2.25. The number of cyclic esters (lactones) is 1. The van der Waals surface area contributed by atoms with Gasteiger partial charge in [-0.3, -0.25) is 4.90 Å². The number of ether oxygens (including phenoxy) is 1. The Bertz CT molecular complexity index is 450. The van der Waals surface area contributed by atoms with Gasteiger partial charge < -0.3 is 10.5 Å². The van der Waals surface area contributed by atoms with Gasteiger partial charge in [0.1, 0.15) is 12.7 Å². The highest BCUT2D eigenvalue weighted by atomic mass is 16.6. The van der Waals surface area contributed by atoms with Gasteiger partial charge in [-0.15, -0.1) is 0 Å². The van der Waals surface area contributed by atoms with Crippen molar-refractivity contribution in [3.8, 4) is 6.07 Å². The Hall–Kier alpha value is -2.22. The summed E-state index contributed by atoms with van der Waals surface area (Å²) in [6, 6.07) is 6.85. The first-order valence-corrected chi connectivity index (χ1v) is 4.46. The number of anilines is 2. The number of nitrogens with two attached hydrogens (primary N) is 1. The van der Waals surface area contributed by atoms with Gasteiger partial charge in [-0.25, -0.2) is 4.79 Å². The maximum absolute atomic E-state index is 11.3. The van der Waals surface area contributed by atoms with Gasteiger partial charge in [0.25, 0.3) is 0 Å². The largest absolute Gasteiger partial charge is 0.447 e. The highest BCUT2D eigenvalue weighted by Crippen LogP contribution is 2.24. The Labute approximate surface area is 86.7 Å². The molecule has 0 unspecified atom stereocenters. The lowest BCUT2D eigenvalue weighted by Crippen LogP contribution is -2.24. The van der Waals surface area contributed by atoms with Gasteiger partial charge >= 0.3 is 6.09 Å². The van der Waals surface area contributed by atoms with Crippen molar-refractivity contribution in [1.29, 1.82) is 5.26 Å². The van der Waals surface area contributed by atoms with Crippen LogP contribution in [0.3, 0.4) is 0 Å². The Morgan fingerprint density at radius 1 is 1.53 bits per heavy atom. The molecule has 0 aromatic heterocycles. The monoisotopic (exact) mass is 203 g/mol. The van der Waals surface area contributed by atoms with Crippen molar-refractivity contribution in [2.45, 2.75) is 0 Å². The van der Waals surface area contributed by atoms with Crippen LogP contribution in [0.25, 0.3) is 0 Å². The van der Waals surface area contributed by atoms with Crippen LogP contribution in [0.2, 0.25) is 0 Å². The molecule has 1 saturated heterocycles. The van der Waals surface area contributed by atoms with E-state index in [1.165, 1.54) is 4.90 Å². The first-order valence-electron chi connectivity index (χ1n) is 4.46. The number of hydrogen-bond acceptors (Lipinski definition) is 4. The van der Waals surface area contributed by atoms with Crippen molar-refractivity contribution in [2.75, 3.05) is 23.8 Å². The fraction of sp³-hybridized carbons (Fsp3) is 0.200. The highest BCUT2D eigenvalue weighted by molar-refractivity contribution is 5.91. The van der Waals surface area contributed by atoms with E-state index in [4.69, 9.17) is 15.7 Å². The molecule has 1 amide bonds. The van der Waals surface area contributed by atoms with E-state index in [1.54, 1.807) is 18.2 Å². The molecule has 5 heteroatoms. The maximum Gasteiger partial charge on any atom is 0.414 e. The normalized spacial score (nSPS) is 14.9. The van der Waals surface area contributed by atoms with Gasteiger partial charge in [-0.05, 0) is 18.2 Å². The number of rotatable bonds is 1. The molecule has 1 aromatic rings. The average Bonchev–Trinajstić information content (AvgIpc) is 2.64. The molecule has 1 aliphatic heterocycles. The number of carbonyl (C=O) groups excluding carboxylic acids is 1. The fourth-order valence-electron chi connectivity index (χ4n) is 1.49. The molecule has 1 fully saturated rings. The summed E-state index contributed by atoms with van der Waals surface area (Å²) >= 11 is 0. The minimum Gasteiger partial charge on any atom is -0.447 e. The Kier molecular flexibility index (Phi) is 2.18. The maximum atomic E-state index is 11.3. The number of hydrogen-bond donors (Lipinski definition) is 1. The SMILES string of the molecule is N#Cc1cc(N)ccc1N1CCOC1=O. The van der Waals surface area contributed by atoms with Crippen LogP contribution in [0.5, 0.6) is 0 Å². The van der Waals surface area contributed by atoms with Crippen LogP contribution in [0.15, 0.2) is 18.2 Å². The minimum absolute atomic E-state index is 0.355. The summed E-state index contributed by atoms with van der Waals surface area (Å²) in [5.41, 5.74) is 6.99. The van der Waals surface area contributed by atoms with Gasteiger partial charge in [-0.1, -0.05) is 0 Å². The van der Waals surface area contributed by atoms with E-state index in [0.717, 1.165) is 0 Å². The molecular weight excluding hydrogens is 194 g/mol. The third-order valence-corrected chi connectivity index (χ3v) is 2.19. The third-order valence-electron chi connectivity index (χ3n) is 2.19. The number of benzene rings is 1. The van der Waals surface area contributed by atoms with E-state index >= 15 is 0 Å². The van der Waals surface area contributed by atoms with Crippen LogP contribution in [0, 0.1) is 11.3 Å². The van der Waals surface area contributed by atoms with E-state index in [9.17, 15) is 4.79 Å². The van der Waals surface area contributed by atoms with Gasteiger partial charge in [0, 0.05) is 5.69 Å². The Morgan fingerprint density at radius 3 is 2.93 bits per heavy atom. The first-order chi connectivity index (χ1) is 7.22. The minimum atomic E-state index is -0.420. The summed E-state index contributed by atoms with van der Waals surface area (Å²) < 4.78 is 4.80. The molecule has 15 heavy (non-hydrogen) atoms. The lowest BCUT2D eigenvalue weighted by Gasteiger charge is -2.14. The zero-order chi connectivity index (χ0) is 10.8. The van der Waals surface area contributed by atoms with Crippen LogP contribution >= 0.6 is 0 Å². The topological polar surface area (TPSA) is 79.3 Å². The third kappa shape index (κ3) is 1.57. The van der Waals surface area contributed by atoms with Crippen molar-refractivity contribution >= 4 is 17.5 Å². The van der Waals surface area contributed by atoms with Crippen LogP contribution in [-0.2, 0) is 4.74 Å². The van der Waals surface area contributed by atoms with E-state index in [1.807, 2.05) is 6.07 Å². The van der Waals surface area contributed by atoms with E-state index in [0.29, 0.717) is 30.1 Å².